The topological polar surface area (TPSA) is 105 Å². The quantitative estimate of drug-likeness (QED) is 0.542. The van der Waals surface area contributed by atoms with Crippen LogP contribution in [0.3, 0.4) is 0 Å². The van der Waals surface area contributed by atoms with E-state index in [1.54, 1.807) is 6.92 Å². The van der Waals surface area contributed by atoms with E-state index in [2.05, 4.69) is 22.8 Å². The Bertz CT molecular complexity index is 1130. The summed E-state index contributed by atoms with van der Waals surface area (Å²) in [5.74, 6) is -1.56. The van der Waals surface area contributed by atoms with Gasteiger partial charge in [-0.15, -0.1) is 0 Å². The minimum absolute atomic E-state index is 0.0648. The molecule has 3 N–H and O–H groups in total. The summed E-state index contributed by atoms with van der Waals surface area (Å²) in [4.78, 5) is 35.6. The van der Waals surface area contributed by atoms with Gasteiger partial charge in [0.1, 0.15) is 12.6 Å². The van der Waals surface area contributed by atoms with Gasteiger partial charge in [-0.05, 0) is 53.4 Å². The zero-order valence-corrected chi connectivity index (χ0v) is 17.4. The number of carbonyl (C=O) groups excluding carboxylic acids is 2. The second-order valence-electron chi connectivity index (χ2n) is 7.56. The molecule has 0 aromatic heterocycles. The van der Waals surface area contributed by atoms with E-state index in [1.807, 2.05) is 36.4 Å². The summed E-state index contributed by atoms with van der Waals surface area (Å²) in [6.45, 7) is 1.70. The molecule has 2 amide bonds. The average Bonchev–Trinajstić information content (AvgIpc) is 3.12. The molecule has 162 valence electrons. The number of carboxylic acids is 1. The van der Waals surface area contributed by atoms with Gasteiger partial charge in [0.15, 0.2) is 0 Å². The van der Waals surface area contributed by atoms with Crippen LogP contribution in [0.2, 0.25) is 0 Å². The summed E-state index contributed by atoms with van der Waals surface area (Å²) in [6, 6.07) is 21.0. The first kappa shape index (κ1) is 21.1. The number of aromatic carboxylic acids is 1. The number of hydrogen-bond donors (Lipinski definition) is 3. The van der Waals surface area contributed by atoms with E-state index in [-0.39, 0.29) is 18.1 Å². The Kier molecular flexibility index (Phi) is 5.89. The SMILES string of the molecule is CC(NC(=O)OCC1c2ccccc2-c2ccccc21)C(=O)Nc1ccc(C(=O)O)cc1. The Labute approximate surface area is 185 Å². The van der Waals surface area contributed by atoms with E-state index < -0.39 is 24.0 Å². The number of ether oxygens (including phenoxy) is 1. The van der Waals surface area contributed by atoms with Gasteiger partial charge >= 0.3 is 12.1 Å². The lowest BCUT2D eigenvalue weighted by Gasteiger charge is -2.17. The van der Waals surface area contributed by atoms with Gasteiger partial charge in [0.05, 0.1) is 5.56 Å². The maximum absolute atomic E-state index is 12.4. The van der Waals surface area contributed by atoms with Gasteiger partial charge in [0, 0.05) is 11.6 Å². The molecule has 0 fully saturated rings. The van der Waals surface area contributed by atoms with Crippen LogP contribution in [0.25, 0.3) is 11.1 Å². The second-order valence-corrected chi connectivity index (χ2v) is 7.56. The molecular weight excluding hydrogens is 408 g/mol. The molecule has 0 spiro atoms. The number of nitrogens with one attached hydrogen (secondary N) is 2. The van der Waals surface area contributed by atoms with Crippen molar-refractivity contribution in [1.82, 2.24) is 5.32 Å². The maximum Gasteiger partial charge on any atom is 0.407 e. The molecule has 1 unspecified atom stereocenters. The zero-order valence-electron chi connectivity index (χ0n) is 17.4. The fourth-order valence-corrected chi connectivity index (χ4v) is 3.83. The molecule has 0 saturated heterocycles. The number of anilines is 1. The first-order valence-corrected chi connectivity index (χ1v) is 10.2. The number of rotatable bonds is 6. The van der Waals surface area contributed by atoms with Crippen molar-refractivity contribution in [3.8, 4) is 11.1 Å². The first-order valence-electron chi connectivity index (χ1n) is 10.2. The van der Waals surface area contributed by atoms with Gasteiger partial charge in [-0.3, -0.25) is 4.79 Å². The highest BCUT2D eigenvalue weighted by Crippen LogP contribution is 2.44. The first-order chi connectivity index (χ1) is 15.4. The van der Waals surface area contributed by atoms with Crippen molar-refractivity contribution in [2.45, 2.75) is 18.9 Å². The molecule has 1 aliphatic carbocycles. The van der Waals surface area contributed by atoms with E-state index in [0.717, 1.165) is 22.3 Å². The molecule has 0 bridgehead atoms. The predicted octanol–water partition coefficient (Wildman–Crippen LogP) is 4.25. The van der Waals surface area contributed by atoms with Crippen LogP contribution in [0.5, 0.6) is 0 Å². The van der Waals surface area contributed by atoms with Crippen molar-refractivity contribution in [3.05, 3.63) is 89.5 Å². The largest absolute Gasteiger partial charge is 0.478 e. The van der Waals surface area contributed by atoms with Crippen LogP contribution < -0.4 is 10.6 Å². The summed E-state index contributed by atoms with van der Waals surface area (Å²) in [6.07, 6.45) is -0.685. The predicted molar refractivity (Wildman–Crippen MR) is 120 cm³/mol. The standard InChI is InChI=1S/C25H22N2O5/c1-15(23(28)27-17-12-10-16(11-13-17)24(29)30)26-25(31)32-14-22-20-8-4-2-6-18(20)19-7-3-5-9-21(19)22/h2-13,15,22H,14H2,1H3,(H,26,31)(H,27,28)(H,29,30). The monoisotopic (exact) mass is 430 g/mol. The van der Waals surface area contributed by atoms with Crippen LogP contribution in [-0.2, 0) is 9.53 Å². The van der Waals surface area contributed by atoms with Gasteiger partial charge in [-0.1, -0.05) is 48.5 Å². The highest BCUT2D eigenvalue weighted by molar-refractivity contribution is 5.97. The molecule has 3 aromatic carbocycles. The highest BCUT2D eigenvalue weighted by Gasteiger charge is 2.29. The lowest BCUT2D eigenvalue weighted by molar-refractivity contribution is -0.117. The van der Waals surface area contributed by atoms with Gasteiger partial charge in [-0.2, -0.15) is 0 Å². The molecule has 3 aromatic rings. The zero-order chi connectivity index (χ0) is 22.7. The minimum Gasteiger partial charge on any atom is -0.478 e. The number of hydrogen-bond acceptors (Lipinski definition) is 4. The normalized spacial score (nSPS) is 12.9. The third kappa shape index (κ3) is 4.32. The van der Waals surface area contributed by atoms with E-state index in [9.17, 15) is 14.4 Å². The Morgan fingerprint density at radius 2 is 1.47 bits per heavy atom. The van der Waals surface area contributed by atoms with Crippen LogP contribution in [-0.4, -0.2) is 35.7 Å². The molecule has 32 heavy (non-hydrogen) atoms. The fourth-order valence-electron chi connectivity index (χ4n) is 3.83. The van der Waals surface area contributed by atoms with E-state index in [4.69, 9.17) is 9.84 Å². The van der Waals surface area contributed by atoms with Crippen molar-refractivity contribution >= 4 is 23.7 Å². The van der Waals surface area contributed by atoms with Crippen LogP contribution in [0, 0.1) is 0 Å². The van der Waals surface area contributed by atoms with Crippen LogP contribution >= 0.6 is 0 Å². The molecule has 0 radical (unpaired) electrons. The van der Waals surface area contributed by atoms with E-state index in [1.165, 1.54) is 24.3 Å². The molecule has 1 atom stereocenters. The van der Waals surface area contributed by atoms with Gasteiger partial charge in [-0.25, -0.2) is 9.59 Å². The number of carbonyl (C=O) groups is 3. The number of carboxylic acid groups (broad SMARTS) is 1. The molecule has 7 nitrogen and oxygen atoms in total. The summed E-state index contributed by atoms with van der Waals surface area (Å²) in [5.41, 5.74) is 5.04. The summed E-state index contributed by atoms with van der Waals surface area (Å²) in [7, 11) is 0. The Hall–Kier alpha value is -4.13. The minimum atomic E-state index is -1.05. The Morgan fingerprint density at radius 1 is 0.906 bits per heavy atom. The molecule has 0 aliphatic heterocycles. The van der Waals surface area contributed by atoms with Gasteiger partial charge in [0.25, 0.3) is 0 Å². The van der Waals surface area contributed by atoms with E-state index >= 15 is 0 Å². The van der Waals surface area contributed by atoms with E-state index in [0.29, 0.717) is 5.69 Å². The number of benzene rings is 3. The van der Waals surface area contributed by atoms with Crippen molar-refractivity contribution in [2.24, 2.45) is 0 Å². The average molecular weight is 430 g/mol. The lowest BCUT2D eigenvalue weighted by atomic mass is 9.98. The van der Waals surface area contributed by atoms with Gasteiger partial charge in [0.2, 0.25) is 5.91 Å². The summed E-state index contributed by atoms with van der Waals surface area (Å²) >= 11 is 0. The molecule has 1 aliphatic rings. The van der Waals surface area contributed by atoms with Gasteiger partial charge < -0.3 is 20.5 Å². The smallest absolute Gasteiger partial charge is 0.407 e. The fraction of sp³-hybridized carbons (Fsp3) is 0.160. The van der Waals surface area contributed by atoms with Crippen molar-refractivity contribution in [3.63, 3.8) is 0 Å². The number of alkyl carbamates (subject to hydrolysis) is 1. The molecule has 4 rings (SSSR count). The third-order valence-electron chi connectivity index (χ3n) is 5.47. The second kappa shape index (κ2) is 8.93. The Morgan fingerprint density at radius 3 is 2.03 bits per heavy atom. The third-order valence-corrected chi connectivity index (χ3v) is 5.47. The molecular formula is C25H22N2O5. The van der Waals surface area contributed by atoms with Crippen LogP contribution in [0.15, 0.2) is 72.8 Å². The molecule has 0 heterocycles. The van der Waals surface area contributed by atoms with Crippen molar-refractivity contribution in [1.29, 1.82) is 0 Å². The Balaban J connectivity index is 1.34. The molecule has 7 heteroatoms. The number of fused-ring (bicyclic) bond motifs is 3. The van der Waals surface area contributed by atoms with Crippen LogP contribution in [0.1, 0.15) is 34.3 Å². The van der Waals surface area contributed by atoms with Crippen molar-refractivity contribution in [2.75, 3.05) is 11.9 Å². The van der Waals surface area contributed by atoms with Crippen molar-refractivity contribution < 1.29 is 24.2 Å². The highest BCUT2D eigenvalue weighted by atomic mass is 16.5. The summed E-state index contributed by atoms with van der Waals surface area (Å²) < 4.78 is 5.46. The van der Waals surface area contributed by atoms with Crippen LogP contribution in [0.4, 0.5) is 10.5 Å². The molecule has 0 saturated carbocycles. The summed E-state index contributed by atoms with van der Waals surface area (Å²) in [5, 5.41) is 14.1. The number of amides is 2. The lowest BCUT2D eigenvalue weighted by Crippen LogP contribution is -2.42. The maximum atomic E-state index is 12.4.